The molecule has 0 aromatic heterocycles. The molecule has 1 aliphatic carbocycles. The second kappa shape index (κ2) is 10.8. The van der Waals surface area contributed by atoms with Crippen LogP contribution in [0.3, 0.4) is 0 Å². The highest BCUT2D eigenvalue weighted by atomic mass is 32.2. The first-order valence-electron chi connectivity index (χ1n) is 10.5. The number of nitrogens with one attached hydrogen (secondary N) is 2. The fraction of sp³-hybridized carbons (Fsp3) is 0.292. The number of allylic oxidation sites excluding steroid dienone is 2. The first kappa shape index (κ1) is 25.4. The van der Waals surface area contributed by atoms with Gasteiger partial charge in [0.2, 0.25) is 11.8 Å². The highest BCUT2D eigenvalue weighted by molar-refractivity contribution is 8.00. The lowest BCUT2D eigenvalue weighted by Gasteiger charge is -2.24. The molecule has 10 heteroatoms. The van der Waals surface area contributed by atoms with Crippen LogP contribution in [0.2, 0.25) is 0 Å². The van der Waals surface area contributed by atoms with E-state index in [1.807, 2.05) is 0 Å². The van der Waals surface area contributed by atoms with Crippen molar-refractivity contribution >= 4 is 40.9 Å². The number of carboxylic acids is 1. The smallest absolute Gasteiger partial charge is 0.418 e. The summed E-state index contributed by atoms with van der Waals surface area (Å²) in [6.45, 7) is 1.56. The Bertz CT molecular complexity index is 1100. The molecule has 3 unspecified atom stereocenters. The van der Waals surface area contributed by atoms with Gasteiger partial charge in [0, 0.05) is 10.6 Å². The summed E-state index contributed by atoms with van der Waals surface area (Å²) in [5, 5.41) is 13.7. The average molecular weight is 493 g/mol. The normalized spacial score (nSPS) is 18.7. The summed E-state index contributed by atoms with van der Waals surface area (Å²) in [6.07, 6.45) is -0.450. The molecule has 0 radical (unpaired) electrons. The number of alkyl halides is 3. The van der Waals surface area contributed by atoms with Crippen LogP contribution < -0.4 is 10.6 Å². The Morgan fingerprint density at radius 3 is 2.35 bits per heavy atom. The Labute approximate surface area is 198 Å². The lowest BCUT2D eigenvalue weighted by Crippen LogP contribution is -2.34. The molecule has 0 heterocycles. The van der Waals surface area contributed by atoms with Crippen molar-refractivity contribution in [1.82, 2.24) is 0 Å². The minimum Gasteiger partial charge on any atom is -0.481 e. The Morgan fingerprint density at radius 1 is 1.00 bits per heavy atom. The lowest BCUT2D eigenvalue weighted by atomic mass is 9.82. The van der Waals surface area contributed by atoms with Crippen LogP contribution in [-0.4, -0.2) is 28.1 Å². The van der Waals surface area contributed by atoms with Crippen molar-refractivity contribution in [3.05, 3.63) is 66.2 Å². The van der Waals surface area contributed by atoms with Gasteiger partial charge in [-0.3, -0.25) is 14.4 Å². The summed E-state index contributed by atoms with van der Waals surface area (Å²) < 4.78 is 39.5. The van der Waals surface area contributed by atoms with Gasteiger partial charge in [-0.1, -0.05) is 30.4 Å². The Hall–Kier alpha value is -3.27. The van der Waals surface area contributed by atoms with E-state index in [2.05, 4.69) is 10.6 Å². The van der Waals surface area contributed by atoms with Crippen molar-refractivity contribution in [3.63, 3.8) is 0 Å². The van der Waals surface area contributed by atoms with Crippen molar-refractivity contribution in [2.45, 2.75) is 36.1 Å². The fourth-order valence-electron chi connectivity index (χ4n) is 3.59. The monoisotopic (exact) mass is 492 g/mol. The minimum absolute atomic E-state index is 0.285. The Kier molecular flexibility index (Phi) is 8.03. The van der Waals surface area contributed by atoms with Gasteiger partial charge in [0.15, 0.2) is 0 Å². The van der Waals surface area contributed by atoms with Crippen LogP contribution in [0.4, 0.5) is 24.5 Å². The van der Waals surface area contributed by atoms with E-state index in [0.29, 0.717) is 17.0 Å². The quantitative estimate of drug-likeness (QED) is 0.354. The maximum absolute atomic E-state index is 13.2. The molecule has 0 fully saturated rings. The van der Waals surface area contributed by atoms with Crippen molar-refractivity contribution in [2.24, 2.45) is 11.8 Å². The van der Waals surface area contributed by atoms with Crippen LogP contribution >= 0.6 is 11.8 Å². The van der Waals surface area contributed by atoms with Crippen molar-refractivity contribution in [1.29, 1.82) is 0 Å². The zero-order chi connectivity index (χ0) is 24.9. The molecular weight excluding hydrogens is 469 g/mol. The zero-order valence-corrected chi connectivity index (χ0v) is 19.0. The first-order valence-corrected chi connectivity index (χ1v) is 11.4. The van der Waals surface area contributed by atoms with Gasteiger partial charge in [-0.2, -0.15) is 13.2 Å². The summed E-state index contributed by atoms with van der Waals surface area (Å²) in [6, 6.07) is 11.4. The maximum Gasteiger partial charge on any atom is 0.418 e. The van der Waals surface area contributed by atoms with Crippen molar-refractivity contribution < 1.29 is 32.7 Å². The summed E-state index contributed by atoms with van der Waals surface area (Å²) in [7, 11) is 0. The van der Waals surface area contributed by atoms with Crippen molar-refractivity contribution in [2.75, 3.05) is 10.6 Å². The molecule has 0 saturated carbocycles. The van der Waals surface area contributed by atoms with E-state index in [-0.39, 0.29) is 12.1 Å². The number of para-hydroxylation sites is 1. The third kappa shape index (κ3) is 6.40. The summed E-state index contributed by atoms with van der Waals surface area (Å²) in [5.74, 6) is -3.54. The van der Waals surface area contributed by atoms with E-state index in [1.54, 1.807) is 43.3 Å². The van der Waals surface area contributed by atoms with Crippen LogP contribution in [0.25, 0.3) is 0 Å². The molecule has 0 saturated heterocycles. The van der Waals surface area contributed by atoms with Gasteiger partial charge >= 0.3 is 12.1 Å². The largest absolute Gasteiger partial charge is 0.481 e. The number of anilines is 2. The number of rotatable bonds is 7. The number of carboxylic acid groups (broad SMARTS) is 1. The Balaban J connectivity index is 1.65. The molecule has 2 amide bonds. The molecule has 2 aromatic carbocycles. The van der Waals surface area contributed by atoms with Crippen LogP contribution in [0.15, 0.2) is 65.6 Å². The number of hydrogen-bond acceptors (Lipinski definition) is 4. The number of carbonyl (C=O) groups is 3. The minimum atomic E-state index is -4.60. The van der Waals surface area contributed by atoms with Gasteiger partial charge < -0.3 is 15.7 Å². The van der Waals surface area contributed by atoms with Gasteiger partial charge in [0.05, 0.1) is 28.3 Å². The van der Waals surface area contributed by atoms with E-state index in [1.165, 1.54) is 18.2 Å². The number of hydrogen-bond donors (Lipinski definition) is 3. The summed E-state index contributed by atoms with van der Waals surface area (Å²) in [5.41, 5.74) is -0.811. The van der Waals surface area contributed by atoms with Gasteiger partial charge in [0.1, 0.15) is 0 Å². The molecule has 3 rings (SSSR count). The molecule has 3 atom stereocenters. The SMILES string of the molecule is CC(Sc1cccc(NC(=O)C2CC=CCC2C(=O)O)c1)C(=O)Nc1ccccc1C(F)(F)F. The second-order valence-corrected chi connectivity index (χ2v) is 9.22. The van der Waals surface area contributed by atoms with E-state index in [4.69, 9.17) is 0 Å². The molecule has 2 aromatic rings. The predicted molar refractivity (Wildman–Crippen MR) is 123 cm³/mol. The van der Waals surface area contributed by atoms with E-state index in [0.717, 1.165) is 17.8 Å². The zero-order valence-electron chi connectivity index (χ0n) is 18.1. The number of amides is 2. The van der Waals surface area contributed by atoms with Gasteiger partial charge in [0.25, 0.3) is 0 Å². The Morgan fingerprint density at radius 2 is 1.68 bits per heavy atom. The standard InChI is InChI=1S/C24H23F3N2O4S/c1-14(21(30)29-20-12-5-4-11-19(20)24(25,26)27)34-16-8-6-7-15(13-16)28-22(31)17-9-2-3-10-18(17)23(32)33/h2-8,11-14,17-18H,9-10H2,1H3,(H,28,31)(H,29,30)(H,32,33). The number of aliphatic carboxylic acids is 1. The molecule has 34 heavy (non-hydrogen) atoms. The molecule has 0 bridgehead atoms. The highest BCUT2D eigenvalue weighted by Crippen LogP contribution is 2.35. The number of carbonyl (C=O) groups excluding carboxylic acids is 2. The molecule has 0 aliphatic heterocycles. The van der Waals surface area contributed by atoms with Crippen molar-refractivity contribution in [3.8, 4) is 0 Å². The first-order chi connectivity index (χ1) is 16.1. The summed E-state index contributed by atoms with van der Waals surface area (Å²) in [4.78, 5) is 37.3. The van der Waals surface area contributed by atoms with E-state index < -0.39 is 46.6 Å². The molecule has 0 spiro atoms. The van der Waals surface area contributed by atoms with Gasteiger partial charge in [-0.05, 0) is 50.1 Å². The third-order valence-electron chi connectivity index (χ3n) is 5.36. The average Bonchev–Trinajstić information content (AvgIpc) is 2.78. The molecule has 1 aliphatic rings. The van der Waals surface area contributed by atoms with Crippen LogP contribution in [-0.2, 0) is 20.6 Å². The number of thioether (sulfide) groups is 1. The fourth-order valence-corrected chi connectivity index (χ4v) is 4.52. The van der Waals surface area contributed by atoms with E-state index >= 15 is 0 Å². The van der Waals surface area contributed by atoms with Crippen LogP contribution in [0.1, 0.15) is 25.3 Å². The lowest BCUT2D eigenvalue weighted by molar-refractivity contribution is -0.146. The number of benzene rings is 2. The van der Waals surface area contributed by atoms with Gasteiger partial charge in [-0.15, -0.1) is 11.8 Å². The summed E-state index contributed by atoms with van der Waals surface area (Å²) >= 11 is 1.12. The van der Waals surface area contributed by atoms with Crippen LogP contribution in [0, 0.1) is 11.8 Å². The number of halogens is 3. The van der Waals surface area contributed by atoms with E-state index in [9.17, 15) is 32.7 Å². The third-order valence-corrected chi connectivity index (χ3v) is 6.45. The van der Waals surface area contributed by atoms with Gasteiger partial charge in [-0.25, -0.2) is 0 Å². The van der Waals surface area contributed by atoms with Crippen LogP contribution in [0.5, 0.6) is 0 Å². The molecule has 3 N–H and O–H groups in total. The topological polar surface area (TPSA) is 95.5 Å². The highest BCUT2D eigenvalue weighted by Gasteiger charge is 2.35. The molecule has 6 nitrogen and oxygen atoms in total. The molecule has 180 valence electrons. The molecular formula is C24H23F3N2O4S. The predicted octanol–water partition coefficient (Wildman–Crippen LogP) is 5.43. The second-order valence-electron chi connectivity index (χ2n) is 7.80. The maximum atomic E-state index is 13.2.